The molecule has 0 aliphatic carbocycles. The van der Waals surface area contributed by atoms with Crippen molar-refractivity contribution >= 4 is 36.7 Å². The van der Waals surface area contributed by atoms with E-state index in [2.05, 4.69) is 133 Å². The Morgan fingerprint density at radius 1 is 0.725 bits per heavy atom. The van der Waals surface area contributed by atoms with Crippen molar-refractivity contribution in [2.75, 3.05) is 6.61 Å². The molecule has 0 bridgehead atoms. The third kappa shape index (κ3) is 8.78. The Kier molecular flexibility index (Phi) is 11.4. The lowest BCUT2D eigenvalue weighted by atomic mass is 10.0. The van der Waals surface area contributed by atoms with Gasteiger partial charge in [-0.1, -0.05) is 91.8 Å². The molecule has 0 spiro atoms. The monoisotopic (exact) mass is 628 g/mol. The fourth-order valence-electron chi connectivity index (χ4n) is 3.67. The smallest absolute Gasteiger partial charge is 0.192 e. The predicted molar refractivity (Wildman–Crippen MR) is 179 cm³/mol. The Hall–Kier alpha value is 0.0206. The highest BCUT2D eigenvalue weighted by Crippen LogP contribution is 2.46. The molecule has 1 aliphatic heterocycles. The SMILES string of the molecule is Cc1ccc(S[C@@H]2O[C@H](CO[Si](C)(C)C(C)(C)C)[C@@H](O)[C@H](O[Si](C)(C)C(C)(C)C)[C@H]2O[Si](C)(C)C(C)(C)C)cc1. The van der Waals surface area contributed by atoms with Crippen LogP contribution in [0.25, 0.3) is 0 Å². The lowest BCUT2D eigenvalue weighted by Crippen LogP contribution is -2.65. The first-order valence-corrected chi connectivity index (χ1v) is 24.5. The summed E-state index contributed by atoms with van der Waals surface area (Å²) in [7, 11) is -6.56. The third-order valence-corrected chi connectivity index (χ3v) is 24.4. The summed E-state index contributed by atoms with van der Waals surface area (Å²) in [5.41, 5.74) is 0.876. The number of thioether (sulfide) groups is 1. The molecule has 0 amide bonds. The number of hydrogen-bond donors (Lipinski definition) is 1. The largest absolute Gasteiger partial charge is 0.414 e. The molecule has 1 N–H and O–H groups in total. The van der Waals surface area contributed by atoms with E-state index < -0.39 is 49.4 Å². The molecule has 1 aromatic rings. The summed E-state index contributed by atoms with van der Waals surface area (Å²) in [6.07, 6.45) is -2.30. The maximum absolute atomic E-state index is 12.0. The Morgan fingerprint density at radius 3 is 1.57 bits per heavy atom. The molecule has 1 heterocycles. The molecule has 0 saturated carbocycles. The van der Waals surface area contributed by atoms with Gasteiger partial charge in [0.1, 0.15) is 29.9 Å². The molecule has 1 fully saturated rings. The number of benzene rings is 1. The van der Waals surface area contributed by atoms with Gasteiger partial charge < -0.3 is 23.1 Å². The van der Waals surface area contributed by atoms with Gasteiger partial charge in [0.05, 0.1) is 6.61 Å². The van der Waals surface area contributed by atoms with Crippen LogP contribution in [-0.2, 0) is 18.0 Å². The van der Waals surface area contributed by atoms with Crippen LogP contribution in [0.3, 0.4) is 0 Å². The van der Waals surface area contributed by atoms with Crippen LogP contribution in [0.2, 0.25) is 54.4 Å². The van der Waals surface area contributed by atoms with E-state index in [4.69, 9.17) is 18.0 Å². The van der Waals surface area contributed by atoms with Crippen molar-refractivity contribution in [1.82, 2.24) is 0 Å². The van der Waals surface area contributed by atoms with Crippen LogP contribution in [0.5, 0.6) is 0 Å². The highest BCUT2D eigenvalue weighted by Gasteiger charge is 2.54. The van der Waals surface area contributed by atoms with E-state index in [1.807, 2.05) is 0 Å². The maximum atomic E-state index is 12.0. The lowest BCUT2D eigenvalue weighted by Gasteiger charge is -2.52. The predicted octanol–water partition coefficient (Wildman–Crippen LogP) is 8.98. The number of aryl methyl sites for hydroxylation is 1. The van der Waals surface area contributed by atoms with Crippen LogP contribution in [0.4, 0.5) is 0 Å². The van der Waals surface area contributed by atoms with Crippen molar-refractivity contribution in [3.8, 4) is 0 Å². The molecule has 5 nitrogen and oxygen atoms in total. The zero-order chi connectivity index (χ0) is 31.1. The van der Waals surface area contributed by atoms with Crippen LogP contribution >= 0.6 is 11.8 Å². The van der Waals surface area contributed by atoms with Crippen molar-refractivity contribution in [3.63, 3.8) is 0 Å². The molecule has 232 valence electrons. The summed E-state index contributed by atoms with van der Waals surface area (Å²) in [5, 5.41) is 12.0. The minimum Gasteiger partial charge on any atom is -0.414 e. The summed E-state index contributed by atoms with van der Waals surface area (Å²) < 4.78 is 27.6. The second-order valence-electron chi connectivity index (χ2n) is 16.2. The van der Waals surface area contributed by atoms with Crippen molar-refractivity contribution in [2.24, 2.45) is 0 Å². The molecule has 9 heteroatoms. The summed E-state index contributed by atoms with van der Waals surface area (Å²) in [5.74, 6) is 0. The molecular weight excluding hydrogens is 569 g/mol. The topological polar surface area (TPSA) is 57.2 Å². The second kappa shape index (κ2) is 12.6. The molecule has 0 radical (unpaired) electrons. The van der Waals surface area contributed by atoms with Gasteiger partial charge in [-0.3, -0.25) is 0 Å². The molecular formula is C31H60O5SSi3. The number of aliphatic hydroxyl groups excluding tert-OH is 1. The van der Waals surface area contributed by atoms with Crippen molar-refractivity contribution < 1.29 is 23.1 Å². The molecule has 40 heavy (non-hydrogen) atoms. The van der Waals surface area contributed by atoms with Crippen LogP contribution < -0.4 is 0 Å². The zero-order valence-corrected chi connectivity index (χ0v) is 32.2. The van der Waals surface area contributed by atoms with Crippen molar-refractivity contribution in [3.05, 3.63) is 29.8 Å². The van der Waals surface area contributed by atoms with E-state index in [0.717, 1.165) is 4.90 Å². The number of hydrogen-bond acceptors (Lipinski definition) is 6. The fourth-order valence-corrected chi connectivity index (χ4v) is 8.49. The van der Waals surface area contributed by atoms with Crippen LogP contribution in [0.1, 0.15) is 67.9 Å². The molecule has 2 rings (SSSR count). The van der Waals surface area contributed by atoms with Crippen LogP contribution in [-0.4, -0.2) is 66.5 Å². The van der Waals surface area contributed by atoms with Crippen LogP contribution in [0.15, 0.2) is 29.2 Å². The van der Waals surface area contributed by atoms with Gasteiger partial charge in [-0.25, -0.2) is 0 Å². The van der Waals surface area contributed by atoms with E-state index >= 15 is 0 Å². The average molecular weight is 629 g/mol. The number of aliphatic hydroxyl groups is 1. The first kappa shape index (κ1) is 36.2. The van der Waals surface area contributed by atoms with Gasteiger partial charge in [0.2, 0.25) is 0 Å². The second-order valence-corrected chi connectivity index (χ2v) is 31.7. The molecule has 1 aliphatic rings. The molecule has 1 aromatic carbocycles. The summed E-state index contributed by atoms with van der Waals surface area (Å²) >= 11 is 1.67. The van der Waals surface area contributed by atoms with Crippen molar-refractivity contribution in [1.29, 1.82) is 0 Å². The van der Waals surface area contributed by atoms with Gasteiger partial charge in [-0.15, -0.1) is 0 Å². The van der Waals surface area contributed by atoms with Gasteiger partial charge in [0.25, 0.3) is 0 Å². The summed E-state index contributed by atoms with van der Waals surface area (Å²) in [4.78, 5) is 1.12. The zero-order valence-electron chi connectivity index (χ0n) is 28.4. The fraction of sp³-hybridized carbons (Fsp3) is 0.806. The maximum Gasteiger partial charge on any atom is 0.192 e. The van der Waals surface area contributed by atoms with Gasteiger partial charge in [0, 0.05) is 4.90 Å². The minimum atomic E-state index is -2.27. The molecule has 1 saturated heterocycles. The molecule has 0 aromatic heterocycles. The normalized spacial score (nSPS) is 25.8. The molecule has 5 atom stereocenters. The molecule has 0 unspecified atom stereocenters. The summed E-state index contributed by atoms with van der Waals surface area (Å²) in [6.45, 7) is 36.1. The first-order chi connectivity index (χ1) is 17.8. The minimum absolute atomic E-state index is 0.000837. The Labute approximate surface area is 253 Å². The average Bonchev–Trinajstić information content (AvgIpc) is 2.76. The van der Waals surface area contributed by atoms with Gasteiger partial charge in [0.15, 0.2) is 25.0 Å². The Bertz CT molecular complexity index is 961. The van der Waals surface area contributed by atoms with E-state index in [1.54, 1.807) is 11.8 Å². The Balaban J connectivity index is 2.58. The van der Waals surface area contributed by atoms with E-state index in [9.17, 15) is 5.11 Å². The summed E-state index contributed by atoms with van der Waals surface area (Å²) in [6, 6.07) is 8.54. The van der Waals surface area contributed by atoms with Crippen molar-refractivity contribution in [2.45, 2.75) is 158 Å². The number of rotatable bonds is 9. The first-order valence-electron chi connectivity index (χ1n) is 14.9. The Morgan fingerprint density at radius 2 is 1.15 bits per heavy atom. The third-order valence-electron chi connectivity index (χ3n) is 9.78. The highest BCUT2D eigenvalue weighted by atomic mass is 32.2. The number of ether oxygens (including phenoxy) is 1. The van der Waals surface area contributed by atoms with E-state index in [1.165, 1.54) is 5.56 Å². The van der Waals surface area contributed by atoms with E-state index in [-0.39, 0.29) is 20.6 Å². The highest BCUT2D eigenvalue weighted by molar-refractivity contribution is 7.99. The standard InChI is InChI=1S/C31H60O5SSi3/c1-22-17-19-23(20-18-22)37-28-27(36-40(15,16)31(8,9)10)26(35-39(13,14)30(5,6)7)25(32)24(34-28)21-33-38(11,12)29(2,3)4/h17-20,24-28,32H,21H2,1-16H3/t24-,25-,26+,27-,28+/m1/s1. The van der Waals surface area contributed by atoms with E-state index in [0.29, 0.717) is 6.61 Å². The van der Waals surface area contributed by atoms with Crippen LogP contribution in [0, 0.1) is 6.92 Å². The lowest BCUT2D eigenvalue weighted by molar-refractivity contribution is -0.196. The van der Waals surface area contributed by atoms with Gasteiger partial charge >= 0.3 is 0 Å². The quantitative estimate of drug-likeness (QED) is 0.276. The van der Waals surface area contributed by atoms with Gasteiger partial charge in [-0.05, 0) is 73.5 Å². The van der Waals surface area contributed by atoms with Gasteiger partial charge in [-0.2, -0.15) is 0 Å².